The summed E-state index contributed by atoms with van der Waals surface area (Å²) in [5, 5.41) is 0. The number of rotatable bonds is 0. The second kappa shape index (κ2) is 18.8. The molecule has 0 aromatic rings. The molecule has 0 fully saturated rings. The molecule has 0 aromatic carbocycles. The highest BCUT2D eigenvalue weighted by Gasteiger charge is 1.95. The Balaban J connectivity index is 2.09. The molecule has 0 saturated heterocycles. The molecule has 0 heterocycles. The molecule has 1 aliphatic carbocycles. The van der Waals surface area contributed by atoms with Crippen molar-refractivity contribution in [2.45, 2.75) is 128 Å². The minimum atomic E-state index is 1.27. The first kappa shape index (κ1) is 21.5. The lowest BCUT2D eigenvalue weighted by molar-refractivity contribution is 0.524. The monoisotopic (exact) mass is 332 g/mol. The molecule has 0 spiro atoms. The zero-order valence-corrected chi connectivity index (χ0v) is 16.5. The SMILES string of the molecule is C1=CCCCCCCCCCCCCCCCCCCCCC=C1. The number of hydrogen-bond acceptors (Lipinski definition) is 0. The molecule has 0 aromatic heterocycles. The van der Waals surface area contributed by atoms with Crippen LogP contribution in [0.4, 0.5) is 0 Å². The predicted molar refractivity (Wildman–Crippen MR) is 111 cm³/mol. The standard InChI is InChI=1S/C24H44/c1-2-4-6-8-10-12-14-16-18-20-22-24-23-21-19-17-15-13-11-9-7-5-3-1/h1-4H,5-24H2. The fraction of sp³-hybridized carbons (Fsp3) is 0.833. The second-order valence-electron chi connectivity index (χ2n) is 7.80. The van der Waals surface area contributed by atoms with E-state index in [9.17, 15) is 0 Å². The van der Waals surface area contributed by atoms with Crippen LogP contribution in [0.1, 0.15) is 128 Å². The lowest BCUT2D eigenvalue weighted by atomic mass is 10.0. The first-order chi connectivity index (χ1) is 12.0. The summed E-state index contributed by atoms with van der Waals surface area (Å²) in [7, 11) is 0. The van der Waals surface area contributed by atoms with E-state index in [2.05, 4.69) is 24.3 Å². The van der Waals surface area contributed by atoms with Crippen molar-refractivity contribution < 1.29 is 0 Å². The number of allylic oxidation sites excluding steroid dienone is 4. The van der Waals surface area contributed by atoms with Crippen molar-refractivity contribution in [3.8, 4) is 0 Å². The third kappa shape index (κ3) is 16.3. The van der Waals surface area contributed by atoms with Crippen molar-refractivity contribution in [3.05, 3.63) is 24.3 Å². The van der Waals surface area contributed by atoms with Gasteiger partial charge in [0.25, 0.3) is 0 Å². The van der Waals surface area contributed by atoms with Gasteiger partial charge in [-0.25, -0.2) is 0 Å². The fourth-order valence-electron chi connectivity index (χ4n) is 3.70. The van der Waals surface area contributed by atoms with Crippen LogP contribution in [0.3, 0.4) is 0 Å². The van der Waals surface area contributed by atoms with Gasteiger partial charge in [0, 0.05) is 0 Å². The minimum absolute atomic E-state index is 1.27. The van der Waals surface area contributed by atoms with Crippen LogP contribution in [-0.4, -0.2) is 0 Å². The van der Waals surface area contributed by atoms with Gasteiger partial charge in [-0.05, 0) is 25.7 Å². The van der Waals surface area contributed by atoms with Crippen LogP contribution >= 0.6 is 0 Å². The summed E-state index contributed by atoms with van der Waals surface area (Å²) in [5.41, 5.74) is 0. The van der Waals surface area contributed by atoms with E-state index in [0.717, 1.165) is 0 Å². The van der Waals surface area contributed by atoms with Crippen molar-refractivity contribution in [3.63, 3.8) is 0 Å². The molecule has 0 N–H and O–H groups in total. The van der Waals surface area contributed by atoms with Crippen LogP contribution in [0.2, 0.25) is 0 Å². The Bertz CT molecular complexity index is 256. The van der Waals surface area contributed by atoms with Gasteiger partial charge in [-0.2, -0.15) is 0 Å². The molecule has 0 aliphatic heterocycles. The van der Waals surface area contributed by atoms with E-state index in [1.165, 1.54) is 128 Å². The van der Waals surface area contributed by atoms with Crippen LogP contribution in [0.15, 0.2) is 24.3 Å². The molecular weight excluding hydrogens is 288 g/mol. The molecule has 24 heavy (non-hydrogen) atoms. The summed E-state index contributed by atoms with van der Waals surface area (Å²) in [6, 6.07) is 0. The van der Waals surface area contributed by atoms with Gasteiger partial charge in [-0.1, -0.05) is 127 Å². The van der Waals surface area contributed by atoms with E-state index in [1.54, 1.807) is 0 Å². The normalized spacial score (nSPS) is 22.7. The fourth-order valence-corrected chi connectivity index (χ4v) is 3.70. The molecule has 0 atom stereocenters. The van der Waals surface area contributed by atoms with Gasteiger partial charge < -0.3 is 0 Å². The molecule has 0 bridgehead atoms. The van der Waals surface area contributed by atoms with Crippen LogP contribution in [0.5, 0.6) is 0 Å². The lowest BCUT2D eigenvalue weighted by Crippen LogP contribution is -1.84. The highest BCUT2D eigenvalue weighted by molar-refractivity contribution is 5.02. The van der Waals surface area contributed by atoms with Gasteiger partial charge >= 0.3 is 0 Å². The van der Waals surface area contributed by atoms with E-state index in [1.807, 2.05) is 0 Å². The molecule has 0 radical (unpaired) electrons. The van der Waals surface area contributed by atoms with Crippen LogP contribution in [0.25, 0.3) is 0 Å². The van der Waals surface area contributed by atoms with E-state index in [4.69, 9.17) is 0 Å². The van der Waals surface area contributed by atoms with Crippen molar-refractivity contribution >= 4 is 0 Å². The van der Waals surface area contributed by atoms with E-state index >= 15 is 0 Å². The first-order valence-corrected chi connectivity index (χ1v) is 11.3. The van der Waals surface area contributed by atoms with Crippen molar-refractivity contribution in [1.82, 2.24) is 0 Å². The second-order valence-corrected chi connectivity index (χ2v) is 7.80. The maximum atomic E-state index is 2.36. The Morgan fingerprint density at radius 1 is 0.250 bits per heavy atom. The quantitative estimate of drug-likeness (QED) is 0.415. The third-order valence-corrected chi connectivity index (χ3v) is 5.37. The van der Waals surface area contributed by atoms with Gasteiger partial charge in [0.05, 0.1) is 0 Å². The van der Waals surface area contributed by atoms with Crippen LogP contribution in [0, 0.1) is 0 Å². The Morgan fingerprint density at radius 2 is 0.458 bits per heavy atom. The zero-order chi connectivity index (χ0) is 17.0. The summed E-state index contributed by atoms with van der Waals surface area (Å²) in [4.78, 5) is 0. The molecule has 0 unspecified atom stereocenters. The molecule has 1 rings (SSSR count). The summed E-state index contributed by atoms with van der Waals surface area (Å²) >= 11 is 0. The molecular formula is C24H44. The maximum absolute atomic E-state index is 2.36. The smallest absolute Gasteiger partial charge is 0.0348 e. The van der Waals surface area contributed by atoms with Crippen molar-refractivity contribution in [2.24, 2.45) is 0 Å². The lowest BCUT2D eigenvalue weighted by Gasteiger charge is -2.04. The van der Waals surface area contributed by atoms with Gasteiger partial charge in [-0.3, -0.25) is 0 Å². The Kier molecular flexibility index (Phi) is 16.9. The summed E-state index contributed by atoms with van der Waals surface area (Å²) in [6.07, 6.45) is 38.0. The van der Waals surface area contributed by atoms with Crippen molar-refractivity contribution in [1.29, 1.82) is 0 Å². The van der Waals surface area contributed by atoms with Gasteiger partial charge in [-0.15, -0.1) is 0 Å². The van der Waals surface area contributed by atoms with Gasteiger partial charge in [0.2, 0.25) is 0 Å². The molecule has 140 valence electrons. The number of hydrogen-bond donors (Lipinski definition) is 0. The Morgan fingerprint density at radius 3 is 0.708 bits per heavy atom. The van der Waals surface area contributed by atoms with E-state index < -0.39 is 0 Å². The summed E-state index contributed by atoms with van der Waals surface area (Å²) < 4.78 is 0. The third-order valence-electron chi connectivity index (χ3n) is 5.37. The average Bonchev–Trinajstić information content (AvgIpc) is 2.59. The summed E-state index contributed by atoms with van der Waals surface area (Å²) in [5.74, 6) is 0. The Hall–Kier alpha value is -0.520. The van der Waals surface area contributed by atoms with E-state index in [0.29, 0.717) is 0 Å². The largest absolute Gasteiger partial charge is 0.0845 e. The van der Waals surface area contributed by atoms with E-state index in [-0.39, 0.29) is 0 Å². The highest BCUT2D eigenvalue weighted by atomic mass is 14.0. The van der Waals surface area contributed by atoms with Crippen LogP contribution in [-0.2, 0) is 0 Å². The first-order valence-electron chi connectivity index (χ1n) is 11.3. The molecule has 0 nitrogen and oxygen atoms in total. The molecule has 0 amide bonds. The van der Waals surface area contributed by atoms with Crippen molar-refractivity contribution in [2.75, 3.05) is 0 Å². The summed E-state index contributed by atoms with van der Waals surface area (Å²) in [6.45, 7) is 0. The minimum Gasteiger partial charge on any atom is -0.0845 e. The highest BCUT2D eigenvalue weighted by Crippen LogP contribution is 2.15. The van der Waals surface area contributed by atoms with Crippen LogP contribution < -0.4 is 0 Å². The average molecular weight is 333 g/mol. The molecule has 0 heteroatoms. The van der Waals surface area contributed by atoms with Gasteiger partial charge in [0.1, 0.15) is 0 Å². The molecule has 0 saturated carbocycles. The zero-order valence-electron chi connectivity index (χ0n) is 16.5. The predicted octanol–water partition coefficient (Wildman–Crippen LogP) is 8.91. The Labute approximate surface area is 153 Å². The molecule has 1 aliphatic rings. The maximum Gasteiger partial charge on any atom is -0.0348 e. The topological polar surface area (TPSA) is 0 Å². The van der Waals surface area contributed by atoms with Gasteiger partial charge in [0.15, 0.2) is 0 Å².